The number of nitrogens with zero attached hydrogens (tertiary/aromatic N) is 3. The first-order chi connectivity index (χ1) is 14.6. The van der Waals surface area contributed by atoms with Gasteiger partial charge in [-0.3, -0.25) is 9.59 Å². The van der Waals surface area contributed by atoms with Crippen molar-refractivity contribution in [1.82, 2.24) is 10.2 Å². The molecule has 2 aliphatic rings. The number of amides is 2. The molecule has 0 aromatic heterocycles. The highest BCUT2D eigenvalue weighted by molar-refractivity contribution is 5.97. The maximum Gasteiger partial charge on any atom is 0.251 e. The number of likely N-dealkylation sites (N-methyl/N-ethyl adjacent to an activating group) is 1. The van der Waals surface area contributed by atoms with Crippen LogP contribution < -0.4 is 15.1 Å². The van der Waals surface area contributed by atoms with E-state index in [4.69, 9.17) is 0 Å². The van der Waals surface area contributed by atoms with Crippen LogP contribution in [0.1, 0.15) is 35.2 Å². The van der Waals surface area contributed by atoms with Crippen LogP contribution in [0.4, 0.5) is 11.4 Å². The molecule has 0 bridgehead atoms. The molecule has 6 nitrogen and oxygen atoms in total. The van der Waals surface area contributed by atoms with Gasteiger partial charge in [-0.05, 0) is 55.8 Å². The molecule has 0 aliphatic carbocycles. The number of piperazine rings is 1. The average Bonchev–Trinajstić information content (AvgIpc) is 2.79. The van der Waals surface area contributed by atoms with Crippen LogP contribution >= 0.6 is 0 Å². The summed E-state index contributed by atoms with van der Waals surface area (Å²) >= 11 is 0. The molecule has 2 aliphatic heterocycles. The van der Waals surface area contributed by atoms with Crippen LogP contribution in [0, 0.1) is 0 Å². The predicted molar refractivity (Wildman–Crippen MR) is 120 cm³/mol. The normalized spacial score (nSPS) is 17.8. The summed E-state index contributed by atoms with van der Waals surface area (Å²) in [5.41, 5.74) is 3.81. The highest BCUT2D eigenvalue weighted by Gasteiger charge is 2.20. The number of rotatable bonds is 5. The van der Waals surface area contributed by atoms with E-state index >= 15 is 0 Å². The van der Waals surface area contributed by atoms with E-state index in [2.05, 4.69) is 40.4 Å². The second-order valence-corrected chi connectivity index (χ2v) is 8.15. The van der Waals surface area contributed by atoms with Crippen molar-refractivity contribution in [3.63, 3.8) is 0 Å². The fourth-order valence-corrected chi connectivity index (χ4v) is 4.17. The molecule has 6 heteroatoms. The molecule has 0 atom stereocenters. The molecule has 2 heterocycles. The van der Waals surface area contributed by atoms with E-state index in [0.29, 0.717) is 18.5 Å². The van der Waals surface area contributed by atoms with Gasteiger partial charge in [-0.1, -0.05) is 18.2 Å². The lowest BCUT2D eigenvalue weighted by Gasteiger charge is -2.35. The number of nitrogens with one attached hydrogen (secondary N) is 1. The standard InChI is InChI=1S/C24H30N4O2/c1-26-14-16-27(17-15-26)22-7-3-2-6-20(22)18-25-24(30)19-9-11-21(12-10-19)28-13-5-4-8-23(28)29/h2-3,6-7,9-12H,4-5,8,13-18H2,1H3,(H,25,30). The number of para-hydroxylation sites is 1. The van der Waals surface area contributed by atoms with Gasteiger partial charge in [0.25, 0.3) is 5.91 Å². The third-order valence-corrected chi connectivity index (χ3v) is 6.04. The Bertz CT molecular complexity index is 888. The zero-order valence-electron chi connectivity index (χ0n) is 17.6. The number of piperidine rings is 1. The molecule has 2 saturated heterocycles. The van der Waals surface area contributed by atoms with E-state index in [1.807, 2.05) is 23.1 Å². The van der Waals surface area contributed by atoms with Crippen LogP contribution in [-0.2, 0) is 11.3 Å². The monoisotopic (exact) mass is 406 g/mol. The van der Waals surface area contributed by atoms with Crippen molar-refractivity contribution < 1.29 is 9.59 Å². The number of anilines is 2. The van der Waals surface area contributed by atoms with Crippen molar-refractivity contribution in [2.75, 3.05) is 49.6 Å². The van der Waals surface area contributed by atoms with E-state index < -0.39 is 0 Å². The molecule has 4 rings (SSSR count). The van der Waals surface area contributed by atoms with E-state index in [-0.39, 0.29) is 11.8 Å². The quantitative estimate of drug-likeness (QED) is 0.830. The second kappa shape index (κ2) is 9.30. The molecule has 0 unspecified atom stereocenters. The van der Waals surface area contributed by atoms with Gasteiger partial charge in [-0.15, -0.1) is 0 Å². The first-order valence-corrected chi connectivity index (χ1v) is 10.8. The topological polar surface area (TPSA) is 55.9 Å². The summed E-state index contributed by atoms with van der Waals surface area (Å²) in [5.74, 6) is 0.0682. The second-order valence-electron chi connectivity index (χ2n) is 8.15. The number of carbonyl (C=O) groups excluding carboxylic acids is 2. The van der Waals surface area contributed by atoms with Crippen LogP contribution in [0.25, 0.3) is 0 Å². The SMILES string of the molecule is CN1CCN(c2ccccc2CNC(=O)c2ccc(N3CCCCC3=O)cc2)CC1. The molecule has 0 spiro atoms. The summed E-state index contributed by atoms with van der Waals surface area (Å²) in [6.07, 6.45) is 2.60. The summed E-state index contributed by atoms with van der Waals surface area (Å²) in [7, 11) is 2.15. The van der Waals surface area contributed by atoms with Gasteiger partial charge in [-0.2, -0.15) is 0 Å². The highest BCUT2D eigenvalue weighted by Crippen LogP contribution is 2.23. The number of hydrogen-bond donors (Lipinski definition) is 1. The zero-order chi connectivity index (χ0) is 20.9. The molecule has 158 valence electrons. The minimum Gasteiger partial charge on any atom is -0.369 e. The van der Waals surface area contributed by atoms with Gasteiger partial charge < -0.3 is 20.0 Å². The summed E-state index contributed by atoms with van der Waals surface area (Å²) in [6.45, 7) is 5.34. The van der Waals surface area contributed by atoms with Crippen LogP contribution in [0.3, 0.4) is 0 Å². The van der Waals surface area contributed by atoms with Gasteiger partial charge in [0, 0.05) is 62.6 Å². The maximum absolute atomic E-state index is 12.7. The molecule has 1 N–H and O–H groups in total. The Kier molecular flexibility index (Phi) is 6.33. The Labute approximate surface area is 178 Å². The molecule has 2 fully saturated rings. The Morgan fingerprint density at radius 1 is 0.933 bits per heavy atom. The minimum absolute atomic E-state index is 0.0975. The smallest absolute Gasteiger partial charge is 0.251 e. The molecule has 2 aromatic rings. The summed E-state index contributed by atoms with van der Waals surface area (Å²) < 4.78 is 0. The lowest BCUT2D eigenvalue weighted by Crippen LogP contribution is -2.45. The van der Waals surface area contributed by atoms with Crippen LogP contribution in [0.15, 0.2) is 48.5 Å². The Morgan fingerprint density at radius 3 is 2.40 bits per heavy atom. The van der Waals surface area contributed by atoms with Crippen molar-refractivity contribution in [1.29, 1.82) is 0 Å². The molecule has 2 aromatic carbocycles. The minimum atomic E-state index is -0.0975. The highest BCUT2D eigenvalue weighted by atomic mass is 16.2. The van der Waals surface area contributed by atoms with E-state index in [1.54, 1.807) is 12.1 Å². The first-order valence-electron chi connectivity index (χ1n) is 10.8. The van der Waals surface area contributed by atoms with Crippen molar-refractivity contribution in [3.8, 4) is 0 Å². The lowest BCUT2D eigenvalue weighted by molar-refractivity contribution is -0.119. The fourth-order valence-electron chi connectivity index (χ4n) is 4.17. The van der Waals surface area contributed by atoms with Gasteiger partial charge in [0.1, 0.15) is 0 Å². The summed E-state index contributed by atoms with van der Waals surface area (Å²) in [4.78, 5) is 31.3. The Balaban J connectivity index is 1.39. The maximum atomic E-state index is 12.7. The number of hydrogen-bond acceptors (Lipinski definition) is 4. The van der Waals surface area contributed by atoms with Gasteiger partial charge >= 0.3 is 0 Å². The fraction of sp³-hybridized carbons (Fsp3) is 0.417. The molecule has 30 heavy (non-hydrogen) atoms. The molecule has 0 saturated carbocycles. The van der Waals surface area contributed by atoms with Crippen molar-refractivity contribution in [2.45, 2.75) is 25.8 Å². The van der Waals surface area contributed by atoms with E-state index in [9.17, 15) is 9.59 Å². The number of carbonyl (C=O) groups is 2. The first kappa shape index (κ1) is 20.4. The molecular formula is C24H30N4O2. The van der Waals surface area contributed by atoms with Crippen molar-refractivity contribution in [2.24, 2.45) is 0 Å². The third kappa shape index (κ3) is 4.65. The largest absolute Gasteiger partial charge is 0.369 e. The summed E-state index contributed by atoms with van der Waals surface area (Å²) in [5, 5.41) is 3.05. The Hall–Kier alpha value is -2.86. The number of benzene rings is 2. The molecule has 2 amide bonds. The molecule has 0 radical (unpaired) electrons. The third-order valence-electron chi connectivity index (χ3n) is 6.04. The summed E-state index contributed by atoms with van der Waals surface area (Å²) in [6, 6.07) is 15.6. The van der Waals surface area contributed by atoms with Gasteiger partial charge in [0.15, 0.2) is 0 Å². The van der Waals surface area contributed by atoms with Crippen molar-refractivity contribution in [3.05, 3.63) is 59.7 Å². The zero-order valence-corrected chi connectivity index (χ0v) is 17.6. The molecular weight excluding hydrogens is 376 g/mol. The van der Waals surface area contributed by atoms with Crippen LogP contribution in [0.2, 0.25) is 0 Å². The van der Waals surface area contributed by atoms with Gasteiger partial charge in [0.05, 0.1) is 0 Å². The van der Waals surface area contributed by atoms with Crippen LogP contribution in [0.5, 0.6) is 0 Å². The lowest BCUT2D eigenvalue weighted by atomic mass is 10.1. The van der Waals surface area contributed by atoms with Crippen molar-refractivity contribution >= 4 is 23.2 Å². The van der Waals surface area contributed by atoms with Gasteiger partial charge in [-0.25, -0.2) is 0 Å². The van der Waals surface area contributed by atoms with Crippen LogP contribution in [-0.4, -0.2) is 56.5 Å². The Morgan fingerprint density at radius 2 is 1.67 bits per heavy atom. The van der Waals surface area contributed by atoms with Gasteiger partial charge in [0.2, 0.25) is 5.91 Å². The predicted octanol–water partition coefficient (Wildman–Crippen LogP) is 2.89. The average molecular weight is 407 g/mol. The van der Waals surface area contributed by atoms with E-state index in [1.165, 1.54) is 5.69 Å². The van der Waals surface area contributed by atoms with E-state index in [0.717, 1.165) is 56.8 Å².